The fourth-order valence-electron chi connectivity index (χ4n) is 4.69. The van der Waals surface area contributed by atoms with Crippen molar-refractivity contribution < 1.29 is 24.9 Å². The Bertz CT molecular complexity index is 1110. The lowest BCUT2D eigenvalue weighted by atomic mass is 9.79. The zero-order chi connectivity index (χ0) is 24.5. The van der Waals surface area contributed by atoms with Crippen molar-refractivity contribution >= 4 is 5.97 Å². The highest BCUT2D eigenvalue weighted by atomic mass is 16.6. The molecule has 6 nitrogen and oxygen atoms in total. The highest BCUT2D eigenvalue weighted by molar-refractivity contribution is 5.84. The molecular weight excluding hydrogens is 430 g/mol. The van der Waals surface area contributed by atoms with Crippen molar-refractivity contribution in [1.29, 1.82) is 0 Å². The molecular formula is C28H31NO5. The molecule has 3 aromatic carbocycles. The van der Waals surface area contributed by atoms with Gasteiger partial charge in [-0.3, -0.25) is 10.1 Å². The van der Waals surface area contributed by atoms with Crippen LogP contribution in [0.1, 0.15) is 37.5 Å². The largest absolute Gasteiger partial charge is 0.459 e. The molecule has 3 atom stereocenters. The van der Waals surface area contributed by atoms with Gasteiger partial charge in [-0.2, -0.15) is 0 Å². The van der Waals surface area contributed by atoms with Gasteiger partial charge in [-0.15, -0.1) is 0 Å². The first kappa shape index (κ1) is 24.1. The number of carbonyl (C=O) groups is 1. The first-order valence-electron chi connectivity index (χ1n) is 11.4. The summed E-state index contributed by atoms with van der Waals surface area (Å²) >= 11 is 0. The predicted molar refractivity (Wildman–Crippen MR) is 130 cm³/mol. The van der Waals surface area contributed by atoms with E-state index in [2.05, 4.69) is 5.32 Å². The minimum atomic E-state index is -1.61. The molecule has 0 saturated carbocycles. The summed E-state index contributed by atoms with van der Waals surface area (Å²) in [6, 6.07) is 24.2. The molecule has 0 saturated heterocycles. The lowest BCUT2D eigenvalue weighted by Gasteiger charge is -2.39. The average Bonchev–Trinajstić information content (AvgIpc) is 3.12. The molecule has 0 aliphatic heterocycles. The van der Waals surface area contributed by atoms with Crippen molar-refractivity contribution in [2.24, 2.45) is 0 Å². The molecule has 0 amide bonds. The lowest BCUT2D eigenvalue weighted by Crippen LogP contribution is -2.60. The van der Waals surface area contributed by atoms with Gasteiger partial charge in [-0.25, -0.2) is 0 Å². The van der Waals surface area contributed by atoms with Crippen molar-refractivity contribution in [3.05, 3.63) is 95.6 Å². The van der Waals surface area contributed by atoms with Crippen molar-refractivity contribution in [1.82, 2.24) is 5.32 Å². The second kappa shape index (κ2) is 9.31. The van der Waals surface area contributed by atoms with Crippen LogP contribution in [0.4, 0.5) is 0 Å². The van der Waals surface area contributed by atoms with Crippen molar-refractivity contribution in [2.75, 3.05) is 6.61 Å². The number of rotatable bonds is 7. The summed E-state index contributed by atoms with van der Waals surface area (Å²) in [6.45, 7) is 4.52. The van der Waals surface area contributed by atoms with E-state index in [9.17, 15) is 20.1 Å². The quantitative estimate of drug-likeness (QED) is 0.404. The van der Waals surface area contributed by atoms with Crippen LogP contribution < -0.4 is 5.32 Å². The van der Waals surface area contributed by atoms with E-state index in [1.807, 2.05) is 78.9 Å². The average molecular weight is 462 g/mol. The zero-order valence-corrected chi connectivity index (χ0v) is 19.6. The molecule has 3 aromatic rings. The van der Waals surface area contributed by atoms with Crippen molar-refractivity contribution in [3.8, 4) is 11.1 Å². The van der Waals surface area contributed by atoms with Gasteiger partial charge in [0.2, 0.25) is 0 Å². The number of benzene rings is 3. The molecule has 6 heteroatoms. The summed E-state index contributed by atoms with van der Waals surface area (Å²) in [5.41, 5.74) is 2.90. The van der Waals surface area contributed by atoms with Gasteiger partial charge in [0.1, 0.15) is 23.9 Å². The molecule has 34 heavy (non-hydrogen) atoms. The van der Waals surface area contributed by atoms with E-state index in [-0.39, 0.29) is 0 Å². The van der Waals surface area contributed by atoms with Crippen molar-refractivity contribution in [2.45, 2.75) is 50.2 Å². The maximum atomic E-state index is 13.4. The van der Waals surface area contributed by atoms with E-state index in [4.69, 9.17) is 4.74 Å². The third-order valence-corrected chi connectivity index (χ3v) is 6.11. The molecule has 0 radical (unpaired) electrons. The minimum Gasteiger partial charge on any atom is -0.459 e. The van der Waals surface area contributed by atoms with Crippen LogP contribution in [0.2, 0.25) is 0 Å². The van der Waals surface area contributed by atoms with Gasteiger partial charge in [0.15, 0.2) is 0 Å². The standard InChI is InChI=1S/C28H31NO5/c1-27(2,3)34-26(33)24(25(32)23(31)17-30)29-28(18-11-5-4-6-12-18)21-15-9-7-13-19(21)20-14-8-10-16-22(20)28/h4-16,23-25,29-32H,17H2,1-3H3/t23-,24-,25+/m0/s1. The SMILES string of the molecule is CC(C)(C)OC(=O)[C@@H](NC1(c2ccccc2)c2ccccc2-c2ccccc21)[C@H](O)[C@@H](O)CO. The zero-order valence-electron chi connectivity index (χ0n) is 19.6. The van der Waals surface area contributed by atoms with E-state index in [1.165, 1.54) is 0 Å². The number of hydrogen-bond donors (Lipinski definition) is 4. The Balaban J connectivity index is 1.94. The number of ether oxygens (including phenoxy) is 1. The predicted octanol–water partition coefficient (Wildman–Crippen LogP) is 2.97. The highest BCUT2D eigenvalue weighted by Crippen LogP contribution is 2.51. The monoisotopic (exact) mass is 461 g/mol. The normalized spacial score (nSPS) is 16.8. The van der Waals surface area contributed by atoms with Crippen LogP contribution in [0, 0.1) is 0 Å². The van der Waals surface area contributed by atoms with Crippen LogP contribution in [0.3, 0.4) is 0 Å². The number of aliphatic hydroxyl groups is 3. The molecule has 0 fully saturated rings. The van der Waals surface area contributed by atoms with E-state index < -0.39 is 42.0 Å². The fourth-order valence-corrected chi connectivity index (χ4v) is 4.69. The highest BCUT2D eigenvalue weighted by Gasteiger charge is 2.49. The maximum Gasteiger partial charge on any atom is 0.326 e. The minimum absolute atomic E-state index is 0.701. The summed E-state index contributed by atoms with van der Waals surface area (Å²) in [5, 5.41) is 34.2. The molecule has 0 aromatic heterocycles. The summed E-state index contributed by atoms with van der Waals surface area (Å²) in [5.74, 6) is -0.718. The summed E-state index contributed by atoms with van der Waals surface area (Å²) < 4.78 is 5.63. The van der Waals surface area contributed by atoms with E-state index >= 15 is 0 Å². The van der Waals surface area contributed by atoms with Gasteiger partial charge in [0.25, 0.3) is 0 Å². The Labute approximate surface area is 199 Å². The van der Waals surface area contributed by atoms with Gasteiger partial charge < -0.3 is 20.1 Å². The molecule has 0 unspecified atom stereocenters. The van der Waals surface area contributed by atoms with Crippen LogP contribution in [0.5, 0.6) is 0 Å². The van der Waals surface area contributed by atoms with Gasteiger partial charge in [0, 0.05) is 0 Å². The Morgan fingerprint density at radius 2 is 1.38 bits per heavy atom. The lowest BCUT2D eigenvalue weighted by molar-refractivity contribution is -0.164. The molecule has 0 bridgehead atoms. The van der Waals surface area contributed by atoms with Gasteiger partial charge in [-0.1, -0.05) is 78.9 Å². The Morgan fingerprint density at radius 3 is 1.88 bits per heavy atom. The number of aliphatic hydroxyl groups excluding tert-OH is 3. The third-order valence-electron chi connectivity index (χ3n) is 6.11. The maximum absolute atomic E-state index is 13.4. The number of esters is 1. The summed E-state index contributed by atoms with van der Waals surface area (Å²) in [4.78, 5) is 13.4. The van der Waals surface area contributed by atoms with Gasteiger partial charge >= 0.3 is 5.97 Å². The van der Waals surface area contributed by atoms with Crippen LogP contribution in [-0.2, 0) is 15.1 Å². The van der Waals surface area contributed by atoms with Crippen LogP contribution in [0.25, 0.3) is 11.1 Å². The molecule has 1 aliphatic rings. The number of nitrogens with one attached hydrogen (secondary N) is 1. The molecule has 4 N–H and O–H groups in total. The Hall–Kier alpha value is -3.03. The second-order valence-electron chi connectivity index (χ2n) is 9.60. The van der Waals surface area contributed by atoms with Crippen LogP contribution in [-0.4, -0.2) is 51.7 Å². The molecule has 4 rings (SSSR count). The Morgan fingerprint density at radius 1 is 0.882 bits per heavy atom. The smallest absolute Gasteiger partial charge is 0.326 e. The van der Waals surface area contributed by atoms with Crippen LogP contribution in [0.15, 0.2) is 78.9 Å². The number of carbonyl (C=O) groups excluding carboxylic acids is 1. The van der Waals surface area contributed by atoms with Crippen molar-refractivity contribution in [3.63, 3.8) is 0 Å². The fraction of sp³-hybridized carbons (Fsp3) is 0.321. The number of fused-ring (bicyclic) bond motifs is 3. The summed E-state index contributed by atoms with van der Waals surface area (Å²) in [6.07, 6.45) is -3.15. The first-order valence-corrected chi connectivity index (χ1v) is 11.4. The molecule has 1 aliphatic carbocycles. The number of hydrogen-bond acceptors (Lipinski definition) is 6. The molecule has 178 valence electrons. The molecule has 0 heterocycles. The summed E-state index contributed by atoms with van der Waals surface area (Å²) in [7, 11) is 0. The first-order chi connectivity index (χ1) is 16.2. The van der Waals surface area contributed by atoms with E-state index in [0.717, 1.165) is 27.8 Å². The van der Waals surface area contributed by atoms with E-state index in [1.54, 1.807) is 20.8 Å². The van der Waals surface area contributed by atoms with E-state index in [0.29, 0.717) is 0 Å². The van der Waals surface area contributed by atoms with Crippen LogP contribution >= 0.6 is 0 Å². The Kier molecular flexibility index (Phi) is 6.60. The van der Waals surface area contributed by atoms with Gasteiger partial charge in [0.05, 0.1) is 12.1 Å². The topological polar surface area (TPSA) is 99.0 Å². The third kappa shape index (κ3) is 4.26. The van der Waals surface area contributed by atoms with Gasteiger partial charge in [-0.05, 0) is 48.6 Å². The second-order valence-corrected chi connectivity index (χ2v) is 9.60. The molecule has 0 spiro atoms.